The maximum Gasteiger partial charge on any atom is 0.263 e. The van der Waals surface area contributed by atoms with Gasteiger partial charge in [0, 0.05) is 22.7 Å². The van der Waals surface area contributed by atoms with Crippen molar-refractivity contribution >= 4 is 33.3 Å². The minimum Gasteiger partial charge on any atom is -0.867 e. The van der Waals surface area contributed by atoms with E-state index in [0.29, 0.717) is 0 Å². The van der Waals surface area contributed by atoms with Gasteiger partial charge in [-0.15, -0.1) is 0 Å². The van der Waals surface area contributed by atoms with E-state index in [0.717, 1.165) is 17.7 Å². The number of nitrogens with zero attached hydrogens (tertiary/aromatic N) is 2. The summed E-state index contributed by atoms with van der Waals surface area (Å²) < 4.78 is 22.4. The van der Waals surface area contributed by atoms with Gasteiger partial charge in [-0.2, -0.15) is 0 Å². The van der Waals surface area contributed by atoms with Gasteiger partial charge in [-0.05, 0) is 23.5 Å². The Bertz CT molecular complexity index is 727. The Kier molecular flexibility index (Phi) is 3.78. The lowest BCUT2D eigenvalue weighted by atomic mass is 10.2. The summed E-state index contributed by atoms with van der Waals surface area (Å²) in [4.78, 5) is 13.8. The number of aliphatic imine (C=N–C) groups is 1. The Balaban J connectivity index is 2.31. The van der Waals surface area contributed by atoms with Crippen LogP contribution in [0.5, 0.6) is 5.75 Å². The fraction of sp³-hybridized carbons (Fsp3) is 0.182. The number of nitro groups is 1. The second-order valence-electron chi connectivity index (χ2n) is 4.10. The van der Waals surface area contributed by atoms with Gasteiger partial charge in [0.1, 0.15) is 0 Å². The van der Waals surface area contributed by atoms with Crippen molar-refractivity contribution in [1.29, 1.82) is 0 Å². The van der Waals surface area contributed by atoms with Crippen LogP contribution in [0.3, 0.4) is 0 Å². The third kappa shape index (κ3) is 3.14. The second-order valence-corrected chi connectivity index (χ2v) is 6.47. The molecule has 0 radical (unpaired) electrons. The molecule has 2 rings (SSSR count). The first-order valence-electron chi connectivity index (χ1n) is 5.37. The first-order valence-corrected chi connectivity index (χ1v) is 7.47. The molecule has 1 heterocycles. The van der Waals surface area contributed by atoms with Crippen molar-refractivity contribution in [3.63, 3.8) is 0 Å². The Hall–Kier alpha value is -1.93. The van der Waals surface area contributed by atoms with Crippen molar-refractivity contribution in [3.8, 4) is 5.75 Å². The zero-order valence-corrected chi connectivity index (χ0v) is 11.5. The van der Waals surface area contributed by atoms with E-state index in [9.17, 15) is 23.6 Å². The van der Waals surface area contributed by atoms with Gasteiger partial charge in [-0.25, -0.2) is 8.42 Å². The average molecular weight is 316 g/mol. The zero-order valence-electron chi connectivity index (χ0n) is 9.89. The lowest BCUT2D eigenvalue weighted by Gasteiger charge is -2.11. The zero-order chi connectivity index (χ0) is 14.9. The molecule has 0 bridgehead atoms. The van der Waals surface area contributed by atoms with Gasteiger partial charge in [0.15, 0.2) is 9.84 Å². The standard InChI is InChI=1S/C11H9ClN2O5S/c12-8-3-7(11(15)10(4-8)14(16)17)5-13-9-1-2-20(18,19)6-9/h1-5,9,15H,6H2/p-1/t9-/m0/s1. The fourth-order valence-electron chi connectivity index (χ4n) is 1.66. The van der Waals surface area contributed by atoms with Crippen molar-refractivity contribution in [3.05, 3.63) is 44.3 Å². The molecule has 0 amide bonds. The van der Waals surface area contributed by atoms with Gasteiger partial charge in [0.05, 0.1) is 16.7 Å². The monoisotopic (exact) mass is 315 g/mol. The van der Waals surface area contributed by atoms with E-state index in [1.165, 1.54) is 12.1 Å². The van der Waals surface area contributed by atoms with Crippen LogP contribution in [0.25, 0.3) is 0 Å². The maximum atomic E-state index is 11.8. The number of nitro benzene ring substituents is 1. The second kappa shape index (κ2) is 5.22. The summed E-state index contributed by atoms with van der Waals surface area (Å²) in [6, 6.07) is 1.60. The molecule has 1 aromatic carbocycles. The van der Waals surface area contributed by atoms with E-state index in [1.54, 1.807) is 0 Å². The molecule has 106 valence electrons. The van der Waals surface area contributed by atoms with Gasteiger partial charge in [0.25, 0.3) is 5.69 Å². The summed E-state index contributed by atoms with van der Waals surface area (Å²) >= 11 is 5.69. The fourth-order valence-corrected chi connectivity index (χ4v) is 3.09. The van der Waals surface area contributed by atoms with Crippen LogP contribution in [0.4, 0.5) is 5.69 Å². The molecule has 1 aliphatic heterocycles. The van der Waals surface area contributed by atoms with Crippen molar-refractivity contribution in [2.24, 2.45) is 4.99 Å². The Morgan fingerprint density at radius 1 is 1.45 bits per heavy atom. The van der Waals surface area contributed by atoms with E-state index < -0.39 is 32.2 Å². The van der Waals surface area contributed by atoms with Crippen LogP contribution in [0.1, 0.15) is 5.56 Å². The molecule has 0 saturated carbocycles. The minimum atomic E-state index is -3.25. The number of rotatable bonds is 3. The maximum absolute atomic E-state index is 11.8. The van der Waals surface area contributed by atoms with E-state index in [-0.39, 0.29) is 16.3 Å². The summed E-state index contributed by atoms with van der Waals surface area (Å²) in [5, 5.41) is 23.5. The average Bonchev–Trinajstić information content (AvgIpc) is 2.69. The van der Waals surface area contributed by atoms with Gasteiger partial charge < -0.3 is 5.11 Å². The van der Waals surface area contributed by atoms with Gasteiger partial charge in [-0.1, -0.05) is 11.6 Å². The Morgan fingerprint density at radius 2 is 2.15 bits per heavy atom. The summed E-state index contributed by atoms with van der Waals surface area (Å²) in [5.41, 5.74) is -0.699. The highest BCUT2D eigenvalue weighted by Gasteiger charge is 2.20. The van der Waals surface area contributed by atoms with E-state index >= 15 is 0 Å². The van der Waals surface area contributed by atoms with Gasteiger partial charge in [-0.3, -0.25) is 15.1 Å². The number of hydrogen-bond donors (Lipinski definition) is 0. The largest absolute Gasteiger partial charge is 0.867 e. The highest BCUT2D eigenvalue weighted by molar-refractivity contribution is 7.94. The molecular weight excluding hydrogens is 308 g/mol. The molecule has 7 nitrogen and oxygen atoms in total. The van der Waals surface area contributed by atoms with E-state index in [4.69, 9.17) is 11.6 Å². The molecule has 0 fully saturated rings. The van der Waals surface area contributed by atoms with Crippen molar-refractivity contribution in [2.45, 2.75) is 6.04 Å². The third-order valence-electron chi connectivity index (χ3n) is 2.58. The van der Waals surface area contributed by atoms with Crippen LogP contribution in [0.2, 0.25) is 5.02 Å². The van der Waals surface area contributed by atoms with Crippen LogP contribution < -0.4 is 5.11 Å². The Morgan fingerprint density at radius 3 is 2.70 bits per heavy atom. The number of sulfone groups is 1. The number of hydrogen-bond acceptors (Lipinski definition) is 6. The molecule has 0 aromatic heterocycles. The summed E-state index contributed by atoms with van der Waals surface area (Å²) in [6.07, 6.45) is 2.49. The van der Waals surface area contributed by atoms with Crippen molar-refractivity contribution in [2.75, 3.05) is 5.75 Å². The summed E-state index contributed by atoms with van der Waals surface area (Å²) in [5.74, 6) is -0.992. The number of benzene rings is 1. The van der Waals surface area contributed by atoms with E-state index in [2.05, 4.69) is 4.99 Å². The quantitative estimate of drug-likeness (QED) is 0.470. The van der Waals surface area contributed by atoms with Crippen LogP contribution in [0, 0.1) is 10.1 Å². The lowest BCUT2D eigenvalue weighted by Crippen LogP contribution is -2.09. The van der Waals surface area contributed by atoms with Crippen molar-refractivity contribution < 1.29 is 18.4 Å². The predicted molar refractivity (Wildman–Crippen MR) is 71.9 cm³/mol. The molecule has 1 aliphatic rings. The van der Waals surface area contributed by atoms with Crippen LogP contribution in [-0.2, 0) is 9.84 Å². The normalized spacial score (nSPS) is 20.6. The molecule has 1 aromatic rings. The summed E-state index contributed by atoms with van der Waals surface area (Å²) in [7, 11) is -3.25. The molecule has 1 atom stereocenters. The van der Waals surface area contributed by atoms with Crippen LogP contribution in [-0.4, -0.2) is 31.4 Å². The molecule has 0 spiro atoms. The SMILES string of the molecule is O=[N+]([O-])c1cc(Cl)cc(C=N[C@H]2C=CS(=O)(=O)C2)c1[O-]. The topological polar surface area (TPSA) is 113 Å². The molecule has 20 heavy (non-hydrogen) atoms. The minimum absolute atomic E-state index is 0.0346. The first kappa shape index (κ1) is 14.5. The van der Waals surface area contributed by atoms with Gasteiger partial charge in [0.2, 0.25) is 0 Å². The molecule has 0 N–H and O–H groups in total. The molecule has 9 heteroatoms. The smallest absolute Gasteiger partial charge is 0.263 e. The number of halogens is 1. The molecule has 0 unspecified atom stereocenters. The highest BCUT2D eigenvalue weighted by Crippen LogP contribution is 2.30. The molecule has 0 saturated heterocycles. The predicted octanol–water partition coefficient (Wildman–Crippen LogP) is 1.05. The highest BCUT2D eigenvalue weighted by atomic mass is 35.5. The Labute approximate surface area is 119 Å². The first-order chi connectivity index (χ1) is 9.28. The van der Waals surface area contributed by atoms with Crippen LogP contribution >= 0.6 is 11.6 Å². The van der Waals surface area contributed by atoms with Gasteiger partial charge >= 0.3 is 0 Å². The lowest BCUT2D eigenvalue weighted by molar-refractivity contribution is -0.398. The summed E-state index contributed by atoms with van der Waals surface area (Å²) in [6.45, 7) is 0. The molecular formula is C11H8ClN2O5S-. The third-order valence-corrected chi connectivity index (χ3v) is 4.17. The van der Waals surface area contributed by atoms with Crippen LogP contribution in [0.15, 0.2) is 28.6 Å². The van der Waals surface area contributed by atoms with Crippen molar-refractivity contribution in [1.82, 2.24) is 0 Å². The van der Waals surface area contributed by atoms with E-state index in [1.807, 2.05) is 0 Å². The molecule has 0 aliphatic carbocycles.